The number of anilines is 1. The average Bonchev–Trinajstić information content (AvgIpc) is 2.11. The van der Waals surface area contributed by atoms with E-state index in [2.05, 4.69) is 20.5 Å². The van der Waals surface area contributed by atoms with Crippen LogP contribution in [0.3, 0.4) is 0 Å². The first-order valence-corrected chi connectivity index (χ1v) is 4.57. The maximum Gasteiger partial charge on any atom is 0.249 e. The van der Waals surface area contributed by atoms with E-state index in [1.54, 1.807) is 20.8 Å². The van der Waals surface area contributed by atoms with Crippen LogP contribution >= 0.6 is 11.6 Å². The van der Waals surface area contributed by atoms with Crippen molar-refractivity contribution in [1.82, 2.24) is 15.2 Å². The molecule has 1 rings (SSSR count). The van der Waals surface area contributed by atoms with Crippen molar-refractivity contribution in [3.8, 4) is 0 Å². The minimum Gasteiger partial charge on any atom is -0.292 e. The molecule has 0 saturated heterocycles. The van der Waals surface area contributed by atoms with Gasteiger partial charge in [0.2, 0.25) is 11.9 Å². The highest BCUT2D eigenvalue weighted by Gasteiger charge is 2.11. The molecule has 1 amide bonds. The summed E-state index contributed by atoms with van der Waals surface area (Å²) in [6, 6.07) is 0. The SMILES string of the molecule is Cc1nnc(NC(=O)C(C)Cl)nc1C. The lowest BCUT2D eigenvalue weighted by Crippen LogP contribution is -2.22. The minimum atomic E-state index is -0.611. The molecule has 76 valence electrons. The Hall–Kier alpha value is -1.23. The fraction of sp³-hybridized carbons (Fsp3) is 0.500. The van der Waals surface area contributed by atoms with Gasteiger partial charge in [-0.3, -0.25) is 10.1 Å². The standard InChI is InChI=1S/C8H11ClN4O/c1-4(9)7(14)11-8-10-5(2)6(3)12-13-8/h4H,1-3H3,(H,10,11,13,14). The molecule has 0 bridgehead atoms. The Bertz CT molecular complexity index is 353. The van der Waals surface area contributed by atoms with Gasteiger partial charge in [0.1, 0.15) is 5.38 Å². The molecule has 0 saturated carbocycles. The number of nitrogens with zero attached hydrogens (tertiary/aromatic N) is 3. The largest absolute Gasteiger partial charge is 0.292 e. The zero-order valence-electron chi connectivity index (χ0n) is 8.21. The molecule has 0 fully saturated rings. The maximum absolute atomic E-state index is 11.2. The van der Waals surface area contributed by atoms with E-state index in [1.165, 1.54) is 0 Å². The van der Waals surface area contributed by atoms with Crippen LogP contribution in [0.1, 0.15) is 18.3 Å². The molecule has 0 aliphatic rings. The number of hydrogen-bond donors (Lipinski definition) is 1. The van der Waals surface area contributed by atoms with Crippen LogP contribution in [0.5, 0.6) is 0 Å². The van der Waals surface area contributed by atoms with Gasteiger partial charge >= 0.3 is 0 Å². The third-order valence-corrected chi connectivity index (χ3v) is 1.89. The van der Waals surface area contributed by atoms with E-state index in [4.69, 9.17) is 11.6 Å². The Morgan fingerprint density at radius 1 is 1.36 bits per heavy atom. The van der Waals surface area contributed by atoms with Gasteiger partial charge in [0.25, 0.3) is 0 Å². The quantitative estimate of drug-likeness (QED) is 0.748. The van der Waals surface area contributed by atoms with E-state index in [9.17, 15) is 4.79 Å². The van der Waals surface area contributed by atoms with Gasteiger partial charge in [-0.2, -0.15) is 5.10 Å². The molecule has 0 radical (unpaired) electrons. The van der Waals surface area contributed by atoms with Gasteiger partial charge < -0.3 is 0 Å². The van der Waals surface area contributed by atoms with Crippen molar-refractivity contribution in [2.45, 2.75) is 26.1 Å². The third-order valence-electron chi connectivity index (χ3n) is 1.69. The average molecular weight is 215 g/mol. The summed E-state index contributed by atoms with van der Waals surface area (Å²) in [6.07, 6.45) is 0. The minimum absolute atomic E-state index is 0.186. The number of nitrogens with one attached hydrogen (secondary N) is 1. The topological polar surface area (TPSA) is 67.8 Å². The van der Waals surface area contributed by atoms with Crippen molar-refractivity contribution in [2.75, 3.05) is 5.32 Å². The summed E-state index contributed by atoms with van der Waals surface area (Å²) < 4.78 is 0. The van der Waals surface area contributed by atoms with Gasteiger partial charge in [-0.15, -0.1) is 16.7 Å². The molecule has 0 aliphatic heterocycles. The second kappa shape index (κ2) is 4.32. The Labute approximate surface area is 86.9 Å². The summed E-state index contributed by atoms with van der Waals surface area (Å²) in [4.78, 5) is 15.2. The maximum atomic E-state index is 11.2. The van der Waals surface area contributed by atoms with Crippen molar-refractivity contribution in [2.24, 2.45) is 0 Å². The predicted octanol–water partition coefficient (Wildman–Crippen LogP) is 1.05. The highest BCUT2D eigenvalue weighted by atomic mass is 35.5. The van der Waals surface area contributed by atoms with Crippen molar-refractivity contribution < 1.29 is 4.79 Å². The van der Waals surface area contributed by atoms with Gasteiger partial charge in [0.15, 0.2) is 0 Å². The highest BCUT2D eigenvalue weighted by Crippen LogP contribution is 2.03. The lowest BCUT2D eigenvalue weighted by Gasteiger charge is -2.05. The van der Waals surface area contributed by atoms with Gasteiger partial charge in [-0.1, -0.05) is 0 Å². The molecule has 1 aromatic rings. The van der Waals surface area contributed by atoms with Crippen molar-refractivity contribution in [1.29, 1.82) is 0 Å². The van der Waals surface area contributed by atoms with Crippen LogP contribution in [0.4, 0.5) is 5.95 Å². The van der Waals surface area contributed by atoms with E-state index in [-0.39, 0.29) is 11.9 Å². The van der Waals surface area contributed by atoms with Crippen LogP contribution in [0.15, 0.2) is 0 Å². The van der Waals surface area contributed by atoms with Gasteiger partial charge in [-0.05, 0) is 20.8 Å². The van der Waals surface area contributed by atoms with Crippen LogP contribution < -0.4 is 5.32 Å². The lowest BCUT2D eigenvalue weighted by atomic mass is 10.4. The second-order valence-electron chi connectivity index (χ2n) is 2.91. The number of aryl methyl sites for hydroxylation is 2. The van der Waals surface area contributed by atoms with Gasteiger partial charge in [0.05, 0.1) is 11.4 Å². The first-order valence-electron chi connectivity index (χ1n) is 4.13. The van der Waals surface area contributed by atoms with E-state index < -0.39 is 5.38 Å². The molecule has 1 aromatic heterocycles. The summed E-state index contributed by atoms with van der Waals surface area (Å²) in [5.74, 6) is -0.151. The summed E-state index contributed by atoms with van der Waals surface area (Å²) in [5, 5.41) is 9.37. The zero-order chi connectivity index (χ0) is 10.7. The molecule has 0 aromatic carbocycles. The first kappa shape index (κ1) is 10.8. The number of amides is 1. The van der Waals surface area contributed by atoms with Crippen LogP contribution in [0.2, 0.25) is 0 Å². The summed E-state index contributed by atoms with van der Waals surface area (Å²) >= 11 is 5.56. The third kappa shape index (κ3) is 2.63. The van der Waals surface area contributed by atoms with Crippen LogP contribution in [0, 0.1) is 13.8 Å². The zero-order valence-corrected chi connectivity index (χ0v) is 8.96. The van der Waals surface area contributed by atoms with E-state index in [0.29, 0.717) is 0 Å². The molecular formula is C8H11ClN4O. The molecule has 1 unspecified atom stereocenters. The number of halogens is 1. The van der Waals surface area contributed by atoms with Gasteiger partial charge in [-0.25, -0.2) is 4.98 Å². The number of hydrogen-bond acceptors (Lipinski definition) is 4. The summed E-state index contributed by atoms with van der Waals surface area (Å²) in [5.41, 5.74) is 1.47. The van der Waals surface area contributed by atoms with Crippen molar-refractivity contribution in [3.05, 3.63) is 11.4 Å². The molecule has 6 heteroatoms. The number of rotatable bonds is 2. The van der Waals surface area contributed by atoms with Crippen molar-refractivity contribution in [3.63, 3.8) is 0 Å². The molecule has 1 atom stereocenters. The molecule has 14 heavy (non-hydrogen) atoms. The normalized spacial score (nSPS) is 12.3. The predicted molar refractivity (Wildman–Crippen MR) is 53.2 cm³/mol. The molecular weight excluding hydrogens is 204 g/mol. The molecule has 5 nitrogen and oxygen atoms in total. The Morgan fingerprint density at radius 3 is 2.50 bits per heavy atom. The monoisotopic (exact) mass is 214 g/mol. The fourth-order valence-electron chi connectivity index (χ4n) is 0.719. The number of aromatic nitrogens is 3. The van der Waals surface area contributed by atoms with Crippen LogP contribution in [-0.2, 0) is 4.79 Å². The van der Waals surface area contributed by atoms with Crippen molar-refractivity contribution >= 4 is 23.5 Å². The fourth-order valence-corrected chi connectivity index (χ4v) is 0.774. The second-order valence-corrected chi connectivity index (χ2v) is 3.57. The lowest BCUT2D eigenvalue weighted by molar-refractivity contribution is -0.115. The molecule has 1 heterocycles. The molecule has 1 N–H and O–H groups in total. The van der Waals surface area contributed by atoms with Crippen LogP contribution in [-0.4, -0.2) is 26.5 Å². The molecule has 0 spiro atoms. The van der Waals surface area contributed by atoms with Crippen LogP contribution in [0.25, 0.3) is 0 Å². The summed E-state index contributed by atoms with van der Waals surface area (Å²) in [6.45, 7) is 5.17. The first-order chi connectivity index (χ1) is 6.50. The van der Waals surface area contributed by atoms with E-state index in [0.717, 1.165) is 11.4 Å². The Kier molecular flexibility index (Phi) is 3.35. The van der Waals surface area contributed by atoms with E-state index >= 15 is 0 Å². The molecule has 0 aliphatic carbocycles. The Morgan fingerprint density at radius 2 is 2.00 bits per heavy atom. The summed E-state index contributed by atoms with van der Waals surface area (Å²) in [7, 11) is 0. The number of carbonyl (C=O) groups is 1. The number of carbonyl (C=O) groups excluding carboxylic acids is 1. The number of alkyl halides is 1. The highest BCUT2D eigenvalue weighted by molar-refractivity contribution is 6.32. The van der Waals surface area contributed by atoms with Gasteiger partial charge in [0, 0.05) is 0 Å². The Balaban J connectivity index is 2.78. The smallest absolute Gasteiger partial charge is 0.249 e. The van der Waals surface area contributed by atoms with E-state index in [1.807, 2.05) is 0 Å².